The molecule has 0 radical (unpaired) electrons. The molecule has 1 aromatic heterocycles. The van der Waals surface area contributed by atoms with E-state index in [-0.39, 0.29) is 23.4 Å². The third-order valence-electron chi connectivity index (χ3n) is 6.40. The summed E-state index contributed by atoms with van der Waals surface area (Å²) in [6, 6.07) is 3.98. The van der Waals surface area contributed by atoms with Crippen molar-refractivity contribution in [2.75, 3.05) is 25.0 Å². The second-order valence-electron chi connectivity index (χ2n) is 8.56. The molecule has 2 saturated heterocycles. The van der Waals surface area contributed by atoms with Crippen molar-refractivity contribution in [1.29, 1.82) is 0 Å². The van der Waals surface area contributed by atoms with Gasteiger partial charge in [-0.3, -0.25) is 9.59 Å². The van der Waals surface area contributed by atoms with Crippen LogP contribution in [0.3, 0.4) is 0 Å². The third kappa shape index (κ3) is 3.94. The first-order chi connectivity index (χ1) is 13.0. The van der Waals surface area contributed by atoms with Crippen LogP contribution in [-0.4, -0.2) is 57.8 Å². The number of hydrogen-bond donors (Lipinski definition) is 1. The van der Waals surface area contributed by atoms with E-state index >= 15 is 0 Å². The topological polar surface area (TPSA) is 65.5 Å². The molecule has 0 spiro atoms. The van der Waals surface area contributed by atoms with Crippen molar-refractivity contribution in [3.8, 4) is 0 Å². The first-order valence-corrected chi connectivity index (χ1v) is 10.4. The van der Waals surface area contributed by atoms with Crippen LogP contribution >= 0.6 is 0 Å². The highest BCUT2D eigenvalue weighted by Crippen LogP contribution is 2.30. The average molecular weight is 370 g/mol. The molecule has 6 heteroatoms. The molecule has 2 amide bonds. The number of carbonyl (C=O) groups excluding carboxylic acids is 2. The molecule has 1 aromatic rings. The van der Waals surface area contributed by atoms with Gasteiger partial charge in [0, 0.05) is 37.8 Å². The number of hydrogen-bond acceptors (Lipinski definition) is 4. The maximum absolute atomic E-state index is 12.8. The number of amides is 2. The van der Waals surface area contributed by atoms with E-state index in [1.165, 1.54) is 32.1 Å². The van der Waals surface area contributed by atoms with E-state index in [0.29, 0.717) is 25.1 Å². The van der Waals surface area contributed by atoms with Crippen molar-refractivity contribution in [3.05, 3.63) is 23.9 Å². The van der Waals surface area contributed by atoms with Crippen LogP contribution in [0.2, 0.25) is 0 Å². The van der Waals surface area contributed by atoms with Crippen molar-refractivity contribution < 1.29 is 9.59 Å². The van der Waals surface area contributed by atoms with Gasteiger partial charge in [-0.05, 0) is 44.7 Å². The monoisotopic (exact) mass is 370 g/mol. The van der Waals surface area contributed by atoms with E-state index in [1.54, 1.807) is 6.20 Å². The van der Waals surface area contributed by atoms with Crippen molar-refractivity contribution >= 4 is 17.6 Å². The van der Waals surface area contributed by atoms with Crippen LogP contribution in [0.15, 0.2) is 18.3 Å². The van der Waals surface area contributed by atoms with E-state index in [9.17, 15) is 9.59 Å². The van der Waals surface area contributed by atoms with Gasteiger partial charge in [-0.2, -0.15) is 0 Å². The van der Waals surface area contributed by atoms with Gasteiger partial charge >= 0.3 is 0 Å². The molecular formula is C21H30N4O2. The Hall–Kier alpha value is -2.11. The van der Waals surface area contributed by atoms with Crippen molar-refractivity contribution in [3.63, 3.8) is 0 Å². The zero-order chi connectivity index (χ0) is 18.9. The lowest BCUT2D eigenvalue weighted by Gasteiger charge is -2.35. The van der Waals surface area contributed by atoms with Gasteiger partial charge in [0.1, 0.15) is 5.82 Å². The van der Waals surface area contributed by atoms with Gasteiger partial charge in [0.2, 0.25) is 5.91 Å². The Labute approximate surface area is 161 Å². The largest absolute Gasteiger partial charge is 0.365 e. The van der Waals surface area contributed by atoms with E-state index in [2.05, 4.69) is 17.2 Å². The van der Waals surface area contributed by atoms with Crippen LogP contribution in [0.4, 0.5) is 5.82 Å². The number of carbonyl (C=O) groups is 2. The van der Waals surface area contributed by atoms with Gasteiger partial charge in [-0.15, -0.1) is 0 Å². The van der Waals surface area contributed by atoms with Gasteiger partial charge in [0.25, 0.3) is 5.91 Å². The van der Waals surface area contributed by atoms with E-state index in [4.69, 9.17) is 0 Å². The molecule has 1 atom stereocenters. The number of likely N-dealkylation sites (tertiary alicyclic amines) is 2. The minimum atomic E-state index is 0.0204. The van der Waals surface area contributed by atoms with Crippen LogP contribution in [0, 0.1) is 0 Å². The minimum Gasteiger partial charge on any atom is -0.365 e. The molecule has 27 heavy (non-hydrogen) atoms. The smallest absolute Gasteiger partial charge is 0.255 e. The summed E-state index contributed by atoms with van der Waals surface area (Å²) in [5, 5.41) is 3.56. The second-order valence-corrected chi connectivity index (χ2v) is 8.56. The van der Waals surface area contributed by atoms with E-state index in [1.807, 2.05) is 21.9 Å². The number of pyridine rings is 1. The molecule has 146 valence electrons. The van der Waals surface area contributed by atoms with Crippen LogP contribution < -0.4 is 5.32 Å². The molecule has 3 fully saturated rings. The Kier molecular flexibility index (Phi) is 5.06. The Balaban J connectivity index is 1.36. The summed E-state index contributed by atoms with van der Waals surface area (Å²) >= 11 is 0. The molecule has 0 aromatic carbocycles. The van der Waals surface area contributed by atoms with Crippen LogP contribution in [-0.2, 0) is 4.79 Å². The Morgan fingerprint density at radius 1 is 1.19 bits per heavy atom. The number of rotatable bonds is 4. The summed E-state index contributed by atoms with van der Waals surface area (Å²) in [7, 11) is 0. The zero-order valence-corrected chi connectivity index (χ0v) is 16.2. The van der Waals surface area contributed by atoms with Crippen LogP contribution in [0.25, 0.3) is 0 Å². The lowest BCUT2D eigenvalue weighted by molar-refractivity contribution is -0.129. The summed E-state index contributed by atoms with van der Waals surface area (Å²) in [6.45, 7) is 4.46. The first kappa shape index (κ1) is 18.3. The maximum atomic E-state index is 12.8. The molecule has 0 unspecified atom stereocenters. The van der Waals surface area contributed by atoms with Gasteiger partial charge in [0.15, 0.2) is 0 Å². The van der Waals surface area contributed by atoms with Gasteiger partial charge < -0.3 is 15.1 Å². The molecular weight excluding hydrogens is 340 g/mol. The first-order valence-electron chi connectivity index (χ1n) is 10.4. The normalized spacial score (nSPS) is 25.1. The summed E-state index contributed by atoms with van der Waals surface area (Å²) in [6.07, 6.45) is 10.3. The number of anilines is 1. The minimum absolute atomic E-state index is 0.0204. The SMILES string of the molecule is CC1(Nc2ccc(C(=O)N3CC[C@H](N4CCCC4=O)C3)cn2)CCCCC1. The highest BCUT2D eigenvalue weighted by Gasteiger charge is 2.35. The van der Waals surface area contributed by atoms with Crippen LogP contribution in [0.5, 0.6) is 0 Å². The Bertz CT molecular complexity index is 697. The van der Waals surface area contributed by atoms with Gasteiger partial charge in [-0.25, -0.2) is 4.98 Å². The van der Waals surface area contributed by atoms with Crippen molar-refractivity contribution in [2.45, 2.75) is 69.9 Å². The molecule has 1 N–H and O–H groups in total. The van der Waals surface area contributed by atoms with Crippen LogP contribution in [0.1, 0.15) is 68.6 Å². The lowest BCUT2D eigenvalue weighted by atomic mass is 9.83. The number of nitrogens with zero attached hydrogens (tertiary/aromatic N) is 3. The Morgan fingerprint density at radius 2 is 2.00 bits per heavy atom. The fourth-order valence-corrected chi connectivity index (χ4v) is 4.78. The summed E-state index contributed by atoms with van der Waals surface area (Å²) in [5.74, 6) is 1.10. The quantitative estimate of drug-likeness (QED) is 0.885. The molecule has 3 aliphatic rings. The molecule has 6 nitrogen and oxygen atoms in total. The molecule has 0 bridgehead atoms. The average Bonchev–Trinajstić information content (AvgIpc) is 3.31. The predicted molar refractivity (Wildman–Crippen MR) is 105 cm³/mol. The van der Waals surface area contributed by atoms with Crippen molar-refractivity contribution in [1.82, 2.24) is 14.8 Å². The standard InChI is InChI=1S/C21H30N4O2/c1-21(10-3-2-4-11-21)23-18-8-7-16(14-22-18)20(27)24-13-9-17(15-24)25-12-5-6-19(25)26/h7-8,14,17H,2-6,9-13,15H2,1H3,(H,22,23)/t17-/m0/s1. The summed E-state index contributed by atoms with van der Waals surface area (Å²) < 4.78 is 0. The third-order valence-corrected chi connectivity index (χ3v) is 6.40. The van der Waals surface area contributed by atoms with Gasteiger partial charge in [0.05, 0.1) is 11.6 Å². The second kappa shape index (κ2) is 7.49. The highest BCUT2D eigenvalue weighted by atomic mass is 16.2. The van der Waals surface area contributed by atoms with Crippen molar-refractivity contribution in [2.24, 2.45) is 0 Å². The maximum Gasteiger partial charge on any atom is 0.255 e. The summed E-state index contributed by atoms with van der Waals surface area (Å²) in [4.78, 5) is 33.1. The number of nitrogens with one attached hydrogen (secondary N) is 1. The lowest BCUT2D eigenvalue weighted by Crippen LogP contribution is -2.39. The fraction of sp³-hybridized carbons (Fsp3) is 0.667. The van der Waals surface area contributed by atoms with Gasteiger partial charge in [-0.1, -0.05) is 19.3 Å². The molecule has 4 rings (SSSR count). The highest BCUT2D eigenvalue weighted by molar-refractivity contribution is 5.94. The molecule has 2 aliphatic heterocycles. The summed E-state index contributed by atoms with van der Waals surface area (Å²) in [5.41, 5.74) is 0.740. The van der Waals surface area contributed by atoms with E-state index < -0.39 is 0 Å². The van der Waals surface area contributed by atoms with E-state index in [0.717, 1.165) is 25.2 Å². The molecule has 3 heterocycles. The molecule has 1 aliphatic carbocycles. The fourth-order valence-electron chi connectivity index (χ4n) is 4.78. The molecule has 1 saturated carbocycles. The zero-order valence-electron chi connectivity index (χ0n) is 16.2. The number of aromatic nitrogens is 1. The predicted octanol–water partition coefficient (Wildman–Crippen LogP) is 3.05. The Morgan fingerprint density at radius 3 is 2.67 bits per heavy atom.